The molecule has 3 unspecified atom stereocenters. The molecular formula is C35H51N7O5. The van der Waals surface area contributed by atoms with Crippen molar-refractivity contribution < 1.29 is 23.9 Å². The van der Waals surface area contributed by atoms with Crippen LogP contribution in [0.15, 0.2) is 71.7 Å². The summed E-state index contributed by atoms with van der Waals surface area (Å²) in [5.74, 6) is -0.964. The molecule has 0 saturated heterocycles. The third-order valence-corrected chi connectivity index (χ3v) is 6.96. The highest BCUT2D eigenvalue weighted by Crippen LogP contribution is 2.10. The predicted molar refractivity (Wildman–Crippen MR) is 185 cm³/mol. The van der Waals surface area contributed by atoms with Crippen molar-refractivity contribution in [3.8, 4) is 0 Å². The summed E-state index contributed by atoms with van der Waals surface area (Å²) in [6.45, 7) is 8.45. The van der Waals surface area contributed by atoms with E-state index in [1.54, 1.807) is 6.08 Å². The number of ether oxygens (including phenoxy) is 1. The van der Waals surface area contributed by atoms with Crippen LogP contribution in [0.5, 0.6) is 0 Å². The van der Waals surface area contributed by atoms with Crippen LogP contribution >= 0.6 is 0 Å². The van der Waals surface area contributed by atoms with Gasteiger partial charge in [0.15, 0.2) is 5.96 Å². The first-order chi connectivity index (χ1) is 22.4. The highest BCUT2D eigenvalue weighted by Gasteiger charge is 2.29. The molecule has 12 heteroatoms. The van der Waals surface area contributed by atoms with Crippen molar-refractivity contribution in [2.24, 2.45) is 28.3 Å². The smallest absolute Gasteiger partial charge is 0.408 e. The minimum absolute atomic E-state index is 0.0310. The number of hydrogen-bond acceptors (Lipinski definition) is 6. The summed E-state index contributed by atoms with van der Waals surface area (Å²) in [6, 6.07) is 16.4. The van der Waals surface area contributed by atoms with Gasteiger partial charge in [-0.2, -0.15) is 0 Å². The fourth-order valence-electron chi connectivity index (χ4n) is 4.74. The van der Waals surface area contributed by atoms with Gasteiger partial charge in [-0.25, -0.2) is 4.79 Å². The van der Waals surface area contributed by atoms with Crippen LogP contribution in [0.4, 0.5) is 4.79 Å². The van der Waals surface area contributed by atoms with Gasteiger partial charge >= 0.3 is 6.09 Å². The van der Waals surface area contributed by atoms with Gasteiger partial charge < -0.3 is 37.5 Å². The van der Waals surface area contributed by atoms with Crippen molar-refractivity contribution in [1.29, 1.82) is 0 Å². The first-order valence-corrected chi connectivity index (χ1v) is 16.1. The van der Waals surface area contributed by atoms with E-state index in [0.29, 0.717) is 19.3 Å². The van der Waals surface area contributed by atoms with E-state index in [9.17, 15) is 19.2 Å². The maximum Gasteiger partial charge on any atom is 0.408 e. The summed E-state index contributed by atoms with van der Waals surface area (Å²) in [6.07, 6.45) is 3.98. The number of nitrogens with one attached hydrogen (secondary N) is 4. The van der Waals surface area contributed by atoms with E-state index in [0.717, 1.165) is 11.1 Å². The predicted octanol–water partition coefficient (Wildman–Crippen LogP) is 3.23. The number of guanidine groups is 1. The molecule has 2 aromatic carbocycles. The Balaban J connectivity index is 2.09. The molecule has 12 nitrogen and oxygen atoms in total. The fourth-order valence-corrected chi connectivity index (χ4v) is 4.74. The molecule has 2 aromatic rings. The number of carbonyl (C=O) groups excluding carboxylic acids is 4. The molecule has 0 aliphatic carbocycles. The fraction of sp³-hybridized carbons (Fsp3) is 0.457. The van der Waals surface area contributed by atoms with E-state index in [1.165, 1.54) is 6.08 Å². The van der Waals surface area contributed by atoms with Crippen LogP contribution in [-0.4, -0.2) is 61.0 Å². The molecule has 0 bridgehead atoms. The first-order valence-electron chi connectivity index (χ1n) is 16.1. The van der Waals surface area contributed by atoms with Crippen LogP contribution in [0.3, 0.4) is 0 Å². The molecule has 3 atom stereocenters. The van der Waals surface area contributed by atoms with E-state index in [2.05, 4.69) is 26.3 Å². The van der Waals surface area contributed by atoms with Crippen molar-refractivity contribution in [1.82, 2.24) is 21.3 Å². The van der Waals surface area contributed by atoms with Crippen LogP contribution in [-0.2, 0) is 25.7 Å². The number of rotatable bonds is 19. The number of hydrogen-bond donors (Lipinski definition) is 6. The molecule has 0 heterocycles. The standard InChI is InChI=1S/C35H51N7O5/c1-24(2)20-28(22-39-31(43)18-17-26-12-7-5-8-13-26)40-33(45)30(21-25(3)4)41-32(44)29(16-11-19-38-34(36)37)42-35(46)47-23-27-14-9-6-10-15-27/h5-10,12-15,17-18,24-25,28-30H,11,16,19-23H2,1-4H3,(H,39,43)(H,40,45)(H,41,44)(H,42,46)(H4,36,37,38)/b18-17+. The lowest BCUT2D eigenvalue weighted by Gasteiger charge is -2.27. The van der Waals surface area contributed by atoms with Crippen LogP contribution in [0, 0.1) is 11.8 Å². The normalized spacial score (nSPS) is 13.0. The van der Waals surface area contributed by atoms with Crippen LogP contribution in [0.1, 0.15) is 64.5 Å². The summed E-state index contributed by atoms with van der Waals surface area (Å²) in [5.41, 5.74) is 12.5. The average molecular weight is 650 g/mol. The SMILES string of the molecule is CC(C)CC(CNC(=O)/C=C/c1ccccc1)NC(=O)C(CC(C)C)NC(=O)C(CCCN=C(N)N)NC(=O)OCc1ccccc1. The zero-order chi connectivity index (χ0) is 34.6. The number of carbonyl (C=O) groups is 4. The summed E-state index contributed by atoms with van der Waals surface area (Å²) >= 11 is 0. The van der Waals surface area contributed by atoms with Crippen LogP contribution in [0.25, 0.3) is 6.08 Å². The molecule has 0 aromatic heterocycles. The summed E-state index contributed by atoms with van der Waals surface area (Å²) < 4.78 is 5.33. The van der Waals surface area contributed by atoms with Crippen LogP contribution in [0.2, 0.25) is 0 Å². The lowest BCUT2D eigenvalue weighted by molar-refractivity contribution is -0.131. The van der Waals surface area contributed by atoms with E-state index in [1.807, 2.05) is 88.4 Å². The molecule has 4 amide bonds. The molecule has 0 spiro atoms. The second-order valence-corrected chi connectivity index (χ2v) is 12.2. The Bertz CT molecular complexity index is 1310. The number of benzene rings is 2. The Morgan fingerprint density at radius 2 is 1.43 bits per heavy atom. The quantitative estimate of drug-likeness (QED) is 0.0583. The summed E-state index contributed by atoms with van der Waals surface area (Å²) in [7, 11) is 0. The maximum absolute atomic E-state index is 13.6. The van der Waals surface area contributed by atoms with Gasteiger partial charge in [0, 0.05) is 25.2 Å². The van der Waals surface area contributed by atoms with Crippen molar-refractivity contribution in [2.75, 3.05) is 13.1 Å². The van der Waals surface area contributed by atoms with Gasteiger partial charge in [0.05, 0.1) is 0 Å². The van der Waals surface area contributed by atoms with E-state index in [4.69, 9.17) is 16.2 Å². The van der Waals surface area contributed by atoms with Gasteiger partial charge in [0.2, 0.25) is 17.7 Å². The molecule has 8 N–H and O–H groups in total. The number of alkyl carbamates (subject to hydrolysis) is 1. The molecule has 0 fully saturated rings. The van der Waals surface area contributed by atoms with Crippen molar-refractivity contribution in [3.05, 3.63) is 77.9 Å². The number of nitrogens with zero attached hydrogens (tertiary/aromatic N) is 1. The third-order valence-electron chi connectivity index (χ3n) is 6.96. The highest BCUT2D eigenvalue weighted by atomic mass is 16.5. The highest BCUT2D eigenvalue weighted by molar-refractivity contribution is 5.92. The Morgan fingerprint density at radius 1 is 0.809 bits per heavy atom. The van der Waals surface area contributed by atoms with Gasteiger partial charge in [-0.05, 0) is 54.7 Å². The second kappa shape index (κ2) is 21.0. The van der Waals surface area contributed by atoms with Crippen molar-refractivity contribution in [3.63, 3.8) is 0 Å². The van der Waals surface area contributed by atoms with Crippen molar-refractivity contribution in [2.45, 2.75) is 78.1 Å². The molecule has 0 radical (unpaired) electrons. The van der Waals surface area contributed by atoms with Gasteiger partial charge in [-0.15, -0.1) is 0 Å². The van der Waals surface area contributed by atoms with Gasteiger partial charge in [0.1, 0.15) is 18.7 Å². The number of amides is 4. The Kier molecular flexibility index (Phi) is 17.1. The average Bonchev–Trinajstić information content (AvgIpc) is 3.03. The van der Waals surface area contributed by atoms with E-state index >= 15 is 0 Å². The monoisotopic (exact) mass is 649 g/mol. The topological polar surface area (TPSA) is 190 Å². The van der Waals surface area contributed by atoms with Gasteiger partial charge in [-0.3, -0.25) is 19.4 Å². The maximum atomic E-state index is 13.6. The lowest BCUT2D eigenvalue weighted by Crippen LogP contribution is -2.56. The molecule has 2 rings (SSSR count). The first kappa shape index (κ1) is 38.3. The zero-order valence-electron chi connectivity index (χ0n) is 27.9. The second-order valence-electron chi connectivity index (χ2n) is 12.2. The molecule has 47 heavy (non-hydrogen) atoms. The zero-order valence-corrected chi connectivity index (χ0v) is 27.9. The molecular weight excluding hydrogens is 598 g/mol. The summed E-state index contributed by atoms with van der Waals surface area (Å²) in [4.78, 5) is 56.3. The van der Waals surface area contributed by atoms with Crippen molar-refractivity contribution >= 4 is 35.9 Å². The third kappa shape index (κ3) is 16.9. The van der Waals surface area contributed by atoms with E-state index in [-0.39, 0.29) is 61.8 Å². The molecule has 0 aliphatic heterocycles. The lowest BCUT2D eigenvalue weighted by atomic mass is 10.00. The molecule has 0 aliphatic rings. The van der Waals surface area contributed by atoms with E-state index < -0.39 is 24.1 Å². The van der Waals surface area contributed by atoms with Crippen LogP contribution < -0.4 is 32.7 Å². The summed E-state index contributed by atoms with van der Waals surface area (Å²) in [5, 5.41) is 11.3. The number of aliphatic imine (C=N–C) groups is 1. The molecule has 0 saturated carbocycles. The largest absolute Gasteiger partial charge is 0.445 e. The Hall–Kier alpha value is -4.87. The molecule has 256 valence electrons. The van der Waals surface area contributed by atoms with Gasteiger partial charge in [0.25, 0.3) is 0 Å². The minimum atomic E-state index is -1.00. The Labute approximate surface area is 278 Å². The minimum Gasteiger partial charge on any atom is -0.445 e. The van der Waals surface area contributed by atoms with Gasteiger partial charge in [-0.1, -0.05) is 88.4 Å². The Morgan fingerprint density at radius 3 is 2.04 bits per heavy atom. The number of nitrogens with two attached hydrogens (primary N) is 2.